The van der Waals surface area contributed by atoms with E-state index in [-0.39, 0.29) is 0 Å². The van der Waals surface area contributed by atoms with Crippen LogP contribution in [0.1, 0.15) is 290 Å². The van der Waals surface area contributed by atoms with Gasteiger partial charge in [0.1, 0.15) is 0 Å². The van der Waals surface area contributed by atoms with Crippen LogP contribution >= 0.6 is 0 Å². The van der Waals surface area contributed by atoms with Crippen LogP contribution in [0.25, 0.3) is 0 Å². The summed E-state index contributed by atoms with van der Waals surface area (Å²) in [6.45, 7) is 10.5. The molecule has 344 valence electrons. The van der Waals surface area contributed by atoms with Crippen LogP contribution in [-0.2, 0) is 0 Å². The average Bonchev–Trinajstić information content (AvgIpc) is 3.23. The van der Waals surface area contributed by atoms with E-state index in [2.05, 4.69) is 69.9 Å². The summed E-state index contributed by atoms with van der Waals surface area (Å²) in [5.41, 5.74) is 0. The Morgan fingerprint density at radius 2 is 0.397 bits per heavy atom. The molecule has 0 unspecified atom stereocenters. The van der Waals surface area contributed by atoms with Crippen LogP contribution in [0.5, 0.6) is 0 Å². The summed E-state index contributed by atoms with van der Waals surface area (Å²) >= 11 is -1.37. The molecule has 3 nitrogen and oxygen atoms in total. The zero-order valence-corrected chi connectivity index (χ0v) is 42.1. The second-order valence-electron chi connectivity index (χ2n) is 17.9. The minimum absolute atomic E-state index is 1.18. The first-order valence-corrected chi connectivity index (χ1v) is 29.6. The van der Waals surface area contributed by atoms with Crippen LogP contribution in [-0.4, -0.2) is 35.0 Å². The minimum atomic E-state index is -1.37. The molecule has 0 saturated carbocycles. The summed E-state index contributed by atoms with van der Waals surface area (Å²) in [7, 11) is 0. The Kier molecular flexibility index (Phi) is 54.4. The molecule has 0 atom stereocenters. The average molecular weight is 874 g/mol. The Labute approximate surface area is 372 Å². The van der Waals surface area contributed by atoms with Gasteiger partial charge in [0.25, 0.3) is 0 Å². The van der Waals surface area contributed by atoms with Crippen molar-refractivity contribution in [1.82, 2.24) is 12.7 Å². The van der Waals surface area contributed by atoms with E-state index in [9.17, 15) is 0 Å². The Balaban J connectivity index is 4.05. The van der Waals surface area contributed by atoms with Crippen molar-refractivity contribution in [2.75, 3.05) is 19.6 Å². The standard InChI is InChI=1S/C54H108AsN3/c1-4-7-10-13-16-19-22-25-28-31-34-37-40-43-46-49-52-56-55(57-53-50-47-44-41-38-35-32-29-26-23-20-17-14-11-8-5-2)58-54-51-48-45-42-39-36-33-30-27-24-21-18-15-12-9-6-3/h25-30,56-58H,4-24,31-54H2,1-3H3/b28-25-,29-26-,30-27-. The maximum atomic E-state index is 3.98. The van der Waals surface area contributed by atoms with Crippen molar-refractivity contribution in [3.05, 3.63) is 36.5 Å². The third-order valence-electron chi connectivity index (χ3n) is 11.9. The van der Waals surface area contributed by atoms with Crippen molar-refractivity contribution < 1.29 is 0 Å². The molecule has 0 spiro atoms. The molecule has 3 N–H and O–H groups in total. The third kappa shape index (κ3) is 51.8. The fourth-order valence-corrected chi connectivity index (χ4v) is 11.0. The van der Waals surface area contributed by atoms with E-state index in [4.69, 9.17) is 0 Å². The van der Waals surface area contributed by atoms with Gasteiger partial charge in [-0.1, -0.05) is 117 Å². The molecule has 0 saturated heterocycles. The minimum Gasteiger partial charge on any atom is -0.0654 e. The fraction of sp³-hybridized carbons (Fsp3) is 0.889. The van der Waals surface area contributed by atoms with E-state index in [1.165, 1.54) is 289 Å². The molecule has 0 aromatic heterocycles. The fourth-order valence-electron chi connectivity index (χ4n) is 7.86. The molecule has 0 aromatic rings. The van der Waals surface area contributed by atoms with Gasteiger partial charge in [-0.05, 0) is 19.3 Å². The van der Waals surface area contributed by atoms with E-state index < -0.39 is 15.3 Å². The normalized spacial score (nSPS) is 12.2. The molecule has 0 bridgehead atoms. The molecule has 4 heteroatoms. The van der Waals surface area contributed by atoms with Crippen molar-refractivity contribution in [2.45, 2.75) is 290 Å². The number of hydrogen-bond donors (Lipinski definition) is 3. The van der Waals surface area contributed by atoms with Gasteiger partial charge < -0.3 is 0 Å². The van der Waals surface area contributed by atoms with Crippen LogP contribution in [0.15, 0.2) is 36.5 Å². The number of nitrogens with one attached hydrogen (secondary N) is 3. The van der Waals surface area contributed by atoms with E-state index in [1.54, 1.807) is 0 Å². The van der Waals surface area contributed by atoms with Gasteiger partial charge in [0, 0.05) is 0 Å². The van der Waals surface area contributed by atoms with Crippen LogP contribution in [0.4, 0.5) is 0 Å². The van der Waals surface area contributed by atoms with E-state index in [1.807, 2.05) is 0 Å². The predicted molar refractivity (Wildman–Crippen MR) is 268 cm³/mol. The molecule has 0 aliphatic rings. The first kappa shape index (κ1) is 57.7. The molecule has 0 amide bonds. The Morgan fingerprint density at radius 1 is 0.224 bits per heavy atom. The van der Waals surface area contributed by atoms with Crippen molar-refractivity contribution in [3.63, 3.8) is 0 Å². The molecule has 58 heavy (non-hydrogen) atoms. The summed E-state index contributed by atoms with van der Waals surface area (Å²) in [6, 6.07) is 0. The number of hydrogen-bond acceptors (Lipinski definition) is 3. The van der Waals surface area contributed by atoms with E-state index in [0.717, 1.165) is 0 Å². The predicted octanol–water partition coefficient (Wildman–Crippen LogP) is 17.9. The summed E-state index contributed by atoms with van der Waals surface area (Å²) in [5, 5.41) is 0. The molecule has 0 heterocycles. The molecule has 0 aliphatic heterocycles. The monoisotopic (exact) mass is 874 g/mol. The second kappa shape index (κ2) is 54.7. The number of allylic oxidation sites excluding steroid dienone is 6. The van der Waals surface area contributed by atoms with Crippen LogP contribution in [0.2, 0.25) is 0 Å². The van der Waals surface area contributed by atoms with Crippen LogP contribution in [0, 0.1) is 0 Å². The van der Waals surface area contributed by atoms with E-state index >= 15 is 0 Å². The molecular formula is C54H108AsN3. The number of unbranched alkanes of at least 4 members (excludes halogenated alkanes) is 36. The smallest absolute Gasteiger partial charge is 0.0654 e. The molecule has 0 aromatic carbocycles. The van der Waals surface area contributed by atoms with Crippen molar-refractivity contribution in [2.24, 2.45) is 0 Å². The first-order chi connectivity index (χ1) is 28.8. The number of rotatable bonds is 51. The van der Waals surface area contributed by atoms with Gasteiger partial charge in [0.05, 0.1) is 0 Å². The molecule has 0 radical (unpaired) electrons. The Morgan fingerprint density at radius 3 is 0.603 bits per heavy atom. The van der Waals surface area contributed by atoms with Gasteiger partial charge in [-0.25, -0.2) is 0 Å². The second-order valence-corrected chi connectivity index (χ2v) is 21.3. The SMILES string of the molecule is CCCCCCCC/C=C\CCCCCCCCN[As](NCCCCCCCC/C=C\CCCCCCCC)NCCCCCCCC/C=C\CCCCCCCC. The van der Waals surface area contributed by atoms with Gasteiger partial charge in [-0.3, -0.25) is 0 Å². The zero-order valence-electron chi connectivity index (χ0n) is 40.2. The summed E-state index contributed by atoms with van der Waals surface area (Å²) in [5.74, 6) is 0. The summed E-state index contributed by atoms with van der Waals surface area (Å²) < 4.78 is 11.9. The van der Waals surface area contributed by atoms with E-state index in [0.29, 0.717) is 0 Å². The topological polar surface area (TPSA) is 36.1 Å². The zero-order chi connectivity index (χ0) is 41.8. The molecule has 0 fully saturated rings. The summed E-state index contributed by atoms with van der Waals surface area (Å²) in [6.07, 6.45) is 72.7. The molecule has 0 aliphatic carbocycles. The first-order valence-electron chi connectivity index (χ1n) is 26.8. The Bertz CT molecular complexity index is 705. The van der Waals surface area contributed by atoms with Gasteiger partial charge in [-0.2, -0.15) is 0 Å². The van der Waals surface area contributed by atoms with Crippen molar-refractivity contribution >= 4 is 15.3 Å². The summed E-state index contributed by atoms with van der Waals surface area (Å²) in [4.78, 5) is 0. The molecular weight excluding hydrogens is 766 g/mol. The van der Waals surface area contributed by atoms with Crippen LogP contribution in [0.3, 0.4) is 0 Å². The van der Waals surface area contributed by atoms with Gasteiger partial charge in [0.2, 0.25) is 0 Å². The third-order valence-corrected chi connectivity index (χ3v) is 15.3. The van der Waals surface area contributed by atoms with Crippen molar-refractivity contribution in [3.8, 4) is 0 Å². The Hall–Kier alpha value is -0.342. The van der Waals surface area contributed by atoms with Gasteiger partial charge in [-0.15, -0.1) is 0 Å². The van der Waals surface area contributed by atoms with Gasteiger partial charge in [0.15, 0.2) is 0 Å². The van der Waals surface area contributed by atoms with Gasteiger partial charge >= 0.3 is 238 Å². The van der Waals surface area contributed by atoms with Crippen molar-refractivity contribution in [1.29, 1.82) is 0 Å². The quantitative estimate of drug-likeness (QED) is 0.0324. The maximum absolute atomic E-state index is 3.98. The molecule has 0 rings (SSSR count). The van der Waals surface area contributed by atoms with Crippen LogP contribution < -0.4 is 12.7 Å².